The van der Waals surface area contributed by atoms with Gasteiger partial charge in [-0.15, -0.1) is 0 Å². The number of anilines is 1. The summed E-state index contributed by atoms with van der Waals surface area (Å²) in [6, 6.07) is 8.15. The van der Waals surface area contributed by atoms with Gasteiger partial charge in [-0.2, -0.15) is 0 Å². The van der Waals surface area contributed by atoms with Crippen molar-refractivity contribution in [2.45, 2.75) is 19.8 Å². The van der Waals surface area contributed by atoms with Crippen molar-refractivity contribution in [2.75, 3.05) is 57.8 Å². The van der Waals surface area contributed by atoms with E-state index in [1.165, 1.54) is 18.5 Å². The molecule has 2 aliphatic heterocycles. The number of hydrogen-bond donors (Lipinski definition) is 0. The van der Waals surface area contributed by atoms with Crippen LogP contribution in [0.25, 0.3) is 0 Å². The fourth-order valence-electron chi connectivity index (χ4n) is 3.53. The van der Waals surface area contributed by atoms with Gasteiger partial charge in [-0.05, 0) is 44.0 Å². The molecule has 2 aliphatic rings. The van der Waals surface area contributed by atoms with E-state index in [1.54, 1.807) is 7.11 Å². The van der Waals surface area contributed by atoms with Crippen molar-refractivity contribution in [1.29, 1.82) is 0 Å². The van der Waals surface area contributed by atoms with Gasteiger partial charge in [-0.3, -0.25) is 9.69 Å². The first-order valence-electron chi connectivity index (χ1n) is 9.05. The molecule has 1 aromatic carbocycles. The van der Waals surface area contributed by atoms with Crippen LogP contribution in [0.5, 0.6) is 5.75 Å². The third-order valence-electron chi connectivity index (χ3n) is 5.29. The van der Waals surface area contributed by atoms with Gasteiger partial charge < -0.3 is 14.5 Å². The van der Waals surface area contributed by atoms with Crippen LogP contribution in [0, 0.1) is 5.92 Å². The van der Waals surface area contributed by atoms with Crippen molar-refractivity contribution in [3.8, 4) is 5.75 Å². The quantitative estimate of drug-likeness (QED) is 0.846. The van der Waals surface area contributed by atoms with E-state index < -0.39 is 0 Å². The number of hydrogen-bond acceptors (Lipinski definition) is 4. The molecule has 5 heteroatoms. The van der Waals surface area contributed by atoms with E-state index in [-0.39, 0.29) is 5.91 Å². The molecule has 1 amide bonds. The van der Waals surface area contributed by atoms with Crippen molar-refractivity contribution >= 4 is 11.6 Å². The van der Waals surface area contributed by atoms with Crippen molar-refractivity contribution in [3.05, 3.63) is 24.3 Å². The average Bonchev–Trinajstić information content (AvgIpc) is 2.64. The molecule has 2 heterocycles. The molecule has 0 saturated carbocycles. The zero-order valence-electron chi connectivity index (χ0n) is 14.9. The molecule has 24 heavy (non-hydrogen) atoms. The maximum Gasteiger partial charge on any atom is 0.236 e. The summed E-state index contributed by atoms with van der Waals surface area (Å²) in [6.07, 6.45) is 2.44. The maximum atomic E-state index is 12.5. The predicted octanol–water partition coefficient (Wildman–Crippen LogP) is 2.08. The number of nitrogens with zero attached hydrogens (tertiary/aromatic N) is 3. The average molecular weight is 331 g/mol. The van der Waals surface area contributed by atoms with E-state index in [1.807, 2.05) is 17.0 Å². The van der Waals surface area contributed by atoms with Gasteiger partial charge in [0, 0.05) is 37.9 Å². The van der Waals surface area contributed by atoms with Gasteiger partial charge in [-0.1, -0.05) is 13.0 Å². The van der Waals surface area contributed by atoms with E-state index in [2.05, 4.69) is 28.9 Å². The normalized spacial score (nSPS) is 20.2. The fourth-order valence-corrected chi connectivity index (χ4v) is 3.53. The predicted molar refractivity (Wildman–Crippen MR) is 96.6 cm³/mol. The molecule has 0 unspecified atom stereocenters. The minimum Gasteiger partial charge on any atom is -0.497 e. The second-order valence-corrected chi connectivity index (χ2v) is 7.03. The lowest BCUT2D eigenvalue weighted by molar-refractivity contribution is -0.133. The third-order valence-corrected chi connectivity index (χ3v) is 5.29. The summed E-state index contributed by atoms with van der Waals surface area (Å²) < 4.78 is 5.30. The van der Waals surface area contributed by atoms with Crippen LogP contribution in [0.3, 0.4) is 0 Å². The van der Waals surface area contributed by atoms with Crippen LogP contribution in [0.4, 0.5) is 5.69 Å². The second-order valence-electron chi connectivity index (χ2n) is 7.03. The van der Waals surface area contributed by atoms with Crippen molar-refractivity contribution < 1.29 is 9.53 Å². The number of carbonyl (C=O) groups is 1. The Hall–Kier alpha value is -1.75. The van der Waals surface area contributed by atoms with Crippen molar-refractivity contribution in [2.24, 2.45) is 5.92 Å². The third kappa shape index (κ3) is 4.20. The maximum absolute atomic E-state index is 12.5. The summed E-state index contributed by atoms with van der Waals surface area (Å²) >= 11 is 0. The summed E-state index contributed by atoms with van der Waals surface area (Å²) in [5.74, 6) is 1.97. The monoisotopic (exact) mass is 331 g/mol. The molecule has 0 atom stereocenters. The summed E-state index contributed by atoms with van der Waals surface area (Å²) in [5, 5.41) is 0. The minimum atomic E-state index is 0.287. The Morgan fingerprint density at radius 3 is 2.50 bits per heavy atom. The van der Waals surface area contributed by atoms with Gasteiger partial charge in [-0.25, -0.2) is 0 Å². The van der Waals surface area contributed by atoms with E-state index in [0.717, 1.165) is 50.9 Å². The van der Waals surface area contributed by atoms with Gasteiger partial charge in [0.15, 0.2) is 0 Å². The van der Waals surface area contributed by atoms with Crippen LogP contribution >= 0.6 is 0 Å². The number of methoxy groups -OCH3 is 1. The first kappa shape index (κ1) is 17.1. The number of piperidine rings is 1. The molecule has 2 fully saturated rings. The molecule has 132 valence electrons. The summed E-state index contributed by atoms with van der Waals surface area (Å²) in [5.41, 5.74) is 1.17. The molecule has 2 saturated heterocycles. The number of amides is 1. The Morgan fingerprint density at radius 1 is 1.12 bits per heavy atom. The smallest absolute Gasteiger partial charge is 0.236 e. The highest BCUT2D eigenvalue weighted by Crippen LogP contribution is 2.22. The molecule has 5 nitrogen and oxygen atoms in total. The van der Waals surface area contributed by atoms with E-state index >= 15 is 0 Å². The van der Waals surface area contributed by atoms with Crippen LogP contribution < -0.4 is 9.64 Å². The zero-order valence-corrected chi connectivity index (χ0v) is 14.9. The topological polar surface area (TPSA) is 36.0 Å². The molecule has 3 rings (SSSR count). The van der Waals surface area contributed by atoms with E-state index in [0.29, 0.717) is 6.54 Å². The molecular weight excluding hydrogens is 302 g/mol. The number of ether oxygens (including phenoxy) is 1. The van der Waals surface area contributed by atoms with Crippen molar-refractivity contribution in [1.82, 2.24) is 9.80 Å². The van der Waals surface area contributed by atoms with Gasteiger partial charge in [0.05, 0.1) is 13.7 Å². The van der Waals surface area contributed by atoms with E-state index in [4.69, 9.17) is 4.74 Å². The molecule has 0 aromatic heterocycles. The highest BCUT2D eigenvalue weighted by molar-refractivity contribution is 5.78. The lowest BCUT2D eigenvalue weighted by Crippen LogP contribution is -2.51. The highest BCUT2D eigenvalue weighted by atomic mass is 16.5. The molecule has 0 aliphatic carbocycles. The number of carbonyl (C=O) groups excluding carboxylic acids is 1. The van der Waals surface area contributed by atoms with Crippen LogP contribution in [0.2, 0.25) is 0 Å². The Balaban J connectivity index is 1.48. The Kier molecular flexibility index (Phi) is 5.61. The van der Waals surface area contributed by atoms with E-state index in [9.17, 15) is 4.79 Å². The van der Waals surface area contributed by atoms with Crippen LogP contribution in [0.1, 0.15) is 19.8 Å². The first-order valence-corrected chi connectivity index (χ1v) is 9.05. The van der Waals surface area contributed by atoms with Gasteiger partial charge >= 0.3 is 0 Å². The highest BCUT2D eigenvalue weighted by Gasteiger charge is 2.24. The molecular formula is C19H29N3O2. The zero-order chi connectivity index (χ0) is 16.9. The Bertz CT molecular complexity index is 547. The number of piperazine rings is 1. The number of likely N-dealkylation sites (tertiary alicyclic amines) is 1. The largest absolute Gasteiger partial charge is 0.497 e. The summed E-state index contributed by atoms with van der Waals surface area (Å²) in [7, 11) is 1.69. The van der Waals surface area contributed by atoms with Gasteiger partial charge in [0.25, 0.3) is 0 Å². The van der Waals surface area contributed by atoms with Crippen LogP contribution in [0.15, 0.2) is 24.3 Å². The fraction of sp³-hybridized carbons (Fsp3) is 0.632. The van der Waals surface area contributed by atoms with Gasteiger partial charge in [0.2, 0.25) is 5.91 Å². The standard InChI is InChI=1S/C19H29N3O2/c1-16-6-8-20(9-7-16)15-19(23)22-12-10-21(11-13-22)17-4-3-5-18(14-17)24-2/h3-5,14,16H,6-13,15H2,1-2H3. The van der Waals surface area contributed by atoms with Crippen LogP contribution in [-0.2, 0) is 4.79 Å². The second kappa shape index (κ2) is 7.88. The first-order chi connectivity index (χ1) is 11.7. The number of rotatable bonds is 4. The molecule has 0 N–H and O–H groups in total. The lowest BCUT2D eigenvalue weighted by Gasteiger charge is -2.38. The summed E-state index contributed by atoms with van der Waals surface area (Å²) in [6.45, 7) is 8.41. The lowest BCUT2D eigenvalue weighted by atomic mass is 9.99. The van der Waals surface area contributed by atoms with Gasteiger partial charge in [0.1, 0.15) is 5.75 Å². The molecule has 1 aromatic rings. The summed E-state index contributed by atoms with van der Waals surface area (Å²) in [4.78, 5) is 19.2. The Morgan fingerprint density at radius 2 is 1.83 bits per heavy atom. The SMILES string of the molecule is COc1cccc(N2CCN(C(=O)CN3CCC(C)CC3)CC2)c1. The molecule has 0 bridgehead atoms. The van der Waals surface area contributed by atoms with Crippen molar-refractivity contribution in [3.63, 3.8) is 0 Å². The number of benzene rings is 1. The van der Waals surface area contributed by atoms with Crippen LogP contribution in [-0.4, -0.2) is 68.6 Å². The molecule has 0 radical (unpaired) electrons. The molecule has 0 spiro atoms. The Labute approximate surface area is 145 Å². The minimum absolute atomic E-state index is 0.287.